The van der Waals surface area contributed by atoms with Gasteiger partial charge in [-0.15, -0.1) is 11.8 Å². The fourth-order valence-corrected chi connectivity index (χ4v) is 3.67. The third kappa shape index (κ3) is 9.49. The molecule has 182 valence electrons. The van der Waals surface area contributed by atoms with Gasteiger partial charge in [0.15, 0.2) is 6.29 Å². The summed E-state index contributed by atoms with van der Waals surface area (Å²) in [5.41, 5.74) is 6.86. The van der Waals surface area contributed by atoms with Crippen molar-refractivity contribution in [2.75, 3.05) is 25.6 Å². The number of allylic oxidation sites excluding steroid dienone is 5. The number of thioether (sulfide) groups is 1. The second-order valence-electron chi connectivity index (χ2n) is 7.01. The lowest BCUT2D eigenvalue weighted by Gasteiger charge is -2.19. The van der Waals surface area contributed by atoms with Crippen molar-refractivity contribution in [2.24, 2.45) is 5.73 Å². The lowest BCUT2D eigenvalue weighted by molar-refractivity contribution is -0.109. The van der Waals surface area contributed by atoms with Crippen LogP contribution >= 0.6 is 11.8 Å². The van der Waals surface area contributed by atoms with Gasteiger partial charge in [-0.25, -0.2) is 0 Å². The third-order valence-corrected chi connectivity index (χ3v) is 5.64. The van der Waals surface area contributed by atoms with Crippen molar-refractivity contribution in [3.05, 3.63) is 71.0 Å². The average Bonchev–Trinajstić information content (AvgIpc) is 2.76. The quantitative estimate of drug-likeness (QED) is 0.167. The van der Waals surface area contributed by atoms with Crippen LogP contribution in [0.5, 0.6) is 5.75 Å². The molecule has 0 amide bonds. The normalized spacial score (nSPS) is 14.5. The maximum atomic E-state index is 12.9. The molecule has 0 spiro atoms. The molecular formula is C24H30F3NO4S. The van der Waals surface area contributed by atoms with E-state index in [1.807, 2.05) is 19.1 Å². The van der Waals surface area contributed by atoms with Gasteiger partial charge < -0.3 is 20.3 Å². The zero-order valence-electron chi connectivity index (χ0n) is 18.9. The molecule has 0 bridgehead atoms. The Morgan fingerprint density at radius 2 is 2.03 bits per heavy atom. The van der Waals surface area contributed by atoms with Gasteiger partial charge in [0.1, 0.15) is 18.1 Å². The van der Waals surface area contributed by atoms with E-state index >= 15 is 0 Å². The van der Waals surface area contributed by atoms with Crippen molar-refractivity contribution in [1.29, 1.82) is 0 Å². The fraction of sp³-hybridized carbons (Fsp3) is 0.375. The molecule has 0 saturated carbocycles. The lowest BCUT2D eigenvalue weighted by Crippen LogP contribution is -2.29. The molecule has 5 nitrogen and oxygen atoms in total. The molecule has 0 aromatic heterocycles. The van der Waals surface area contributed by atoms with E-state index in [9.17, 15) is 23.1 Å². The molecule has 33 heavy (non-hydrogen) atoms. The summed E-state index contributed by atoms with van der Waals surface area (Å²) in [4.78, 5) is 11.4. The van der Waals surface area contributed by atoms with Crippen LogP contribution < -0.4 is 10.5 Å². The maximum absolute atomic E-state index is 12.9. The highest BCUT2D eigenvalue weighted by Gasteiger charge is 2.30. The molecule has 0 radical (unpaired) electrons. The van der Waals surface area contributed by atoms with Gasteiger partial charge in [0, 0.05) is 28.9 Å². The Morgan fingerprint density at radius 1 is 1.33 bits per heavy atom. The number of hydrogen-bond donors (Lipinski definition) is 2. The highest BCUT2D eigenvalue weighted by molar-refractivity contribution is 7.99. The minimum absolute atomic E-state index is 0.0254. The van der Waals surface area contributed by atoms with Gasteiger partial charge >= 0.3 is 6.18 Å². The summed E-state index contributed by atoms with van der Waals surface area (Å²) < 4.78 is 49.4. The Labute approximate surface area is 196 Å². The van der Waals surface area contributed by atoms with Gasteiger partial charge in [-0.1, -0.05) is 18.7 Å². The van der Waals surface area contributed by atoms with Crippen LogP contribution in [-0.2, 0) is 9.53 Å². The zero-order chi connectivity index (χ0) is 25.0. The van der Waals surface area contributed by atoms with Crippen molar-refractivity contribution in [2.45, 2.75) is 37.9 Å². The number of hydrogen-bond acceptors (Lipinski definition) is 6. The molecule has 0 saturated heterocycles. The standard InChI is InChI=1S/C24H30F3NO4S/c1-5-18(24(25,26)27)8-7-16(3)23(30)20(14-31-6-2)21(28)15-33-19-9-10-22(17(4)13-19)32-12-11-29/h5,7-11,13,21,30H,1,6,12,14-15,28H2,2-4H3/b16-7+,18-8+,23-20-. The largest absolute Gasteiger partial charge is 0.508 e. The molecule has 0 fully saturated rings. The first kappa shape index (κ1) is 28.5. The van der Waals surface area contributed by atoms with E-state index in [0.29, 0.717) is 36.0 Å². The molecule has 1 rings (SSSR count). The number of aliphatic hydroxyl groups excluding tert-OH is 1. The Hall–Kier alpha value is -2.49. The molecule has 1 unspecified atom stereocenters. The number of carbonyl (C=O) groups is 1. The number of benzene rings is 1. The summed E-state index contributed by atoms with van der Waals surface area (Å²) in [6, 6.07) is 4.88. The predicted octanol–water partition coefficient (Wildman–Crippen LogP) is 5.46. The second kappa shape index (κ2) is 13.9. The van der Waals surface area contributed by atoms with Crippen LogP contribution in [0, 0.1) is 6.92 Å². The van der Waals surface area contributed by atoms with Gasteiger partial charge in [-0.3, -0.25) is 4.79 Å². The van der Waals surface area contributed by atoms with Crippen LogP contribution in [0.2, 0.25) is 0 Å². The molecular weight excluding hydrogens is 455 g/mol. The summed E-state index contributed by atoms with van der Waals surface area (Å²) in [5.74, 6) is 0.799. The predicted molar refractivity (Wildman–Crippen MR) is 126 cm³/mol. The first-order valence-corrected chi connectivity index (χ1v) is 11.2. The number of halogens is 3. The van der Waals surface area contributed by atoms with Gasteiger partial charge in [-0.2, -0.15) is 13.2 Å². The van der Waals surface area contributed by atoms with Crippen molar-refractivity contribution in [3.63, 3.8) is 0 Å². The molecule has 0 aliphatic carbocycles. The Balaban J connectivity index is 3.06. The Bertz CT molecular complexity index is 907. The van der Waals surface area contributed by atoms with Crippen LogP contribution in [0.1, 0.15) is 19.4 Å². The molecule has 3 N–H and O–H groups in total. The minimum atomic E-state index is -4.54. The van der Waals surface area contributed by atoms with Crippen LogP contribution in [-0.4, -0.2) is 49.2 Å². The Kier molecular flexibility index (Phi) is 12.0. The van der Waals surface area contributed by atoms with Crippen LogP contribution in [0.25, 0.3) is 0 Å². The van der Waals surface area contributed by atoms with Gasteiger partial charge in [0.05, 0.1) is 12.2 Å². The summed E-state index contributed by atoms with van der Waals surface area (Å²) in [5, 5.41) is 10.7. The Morgan fingerprint density at radius 3 is 2.58 bits per heavy atom. The number of carbonyl (C=O) groups excluding carboxylic acids is 1. The van der Waals surface area contributed by atoms with Crippen molar-refractivity contribution in [1.82, 2.24) is 0 Å². The first-order valence-electron chi connectivity index (χ1n) is 10.2. The summed E-state index contributed by atoms with van der Waals surface area (Å²) in [7, 11) is 0. The number of alkyl halides is 3. The van der Waals surface area contributed by atoms with Crippen molar-refractivity contribution >= 4 is 18.0 Å². The number of aliphatic hydroxyl groups is 1. The highest BCUT2D eigenvalue weighted by Crippen LogP contribution is 2.28. The van der Waals surface area contributed by atoms with E-state index in [2.05, 4.69) is 6.58 Å². The molecule has 0 heterocycles. The van der Waals surface area contributed by atoms with E-state index < -0.39 is 17.8 Å². The number of aryl methyl sites for hydroxylation is 1. The zero-order valence-corrected chi connectivity index (χ0v) is 19.8. The van der Waals surface area contributed by atoms with Crippen molar-refractivity contribution < 1.29 is 32.5 Å². The number of ether oxygens (including phenoxy) is 2. The van der Waals surface area contributed by atoms with E-state index in [-0.39, 0.29) is 24.5 Å². The average molecular weight is 486 g/mol. The van der Waals surface area contributed by atoms with E-state index in [1.165, 1.54) is 24.8 Å². The molecule has 1 aromatic rings. The number of rotatable bonds is 13. The van der Waals surface area contributed by atoms with Gasteiger partial charge in [0.2, 0.25) is 0 Å². The topological polar surface area (TPSA) is 81.8 Å². The summed E-state index contributed by atoms with van der Waals surface area (Å²) in [6.07, 6.45) is -1.12. The summed E-state index contributed by atoms with van der Waals surface area (Å²) >= 11 is 1.45. The third-order valence-electron chi connectivity index (χ3n) is 4.53. The van der Waals surface area contributed by atoms with E-state index in [4.69, 9.17) is 15.2 Å². The maximum Gasteiger partial charge on any atom is 0.416 e. The van der Waals surface area contributed by atoms with E-state index in [1.54, 1.807) is 13.0 Å². The number of nitrogens with two attached hydrogens (primary N) is 1. The van der Waals surface area contributed by atoms with Crippen molar-refractivity contribution in [3.8, 4) is 5.75 Å². The molecule has 0 aliphatic heterocycles. The second-order valence-corrected chi connectivity index (χ2v) is 8.10. The van der Waals surface area contributed by atoms with Crippen LogP contribution in [0.4, 0.5) is 13.2 Å². The summed E-state index contributed by atoms with van der Waals surface area (Å²) in [6.45, 7) is 8.72. The first-order chi connectivity index (χ1) is 15.5. The fourth-order valence-electron chi connectivity index (χ4n) is 2.67. The van der Waals surface area contributed by atoms with Crippen LogP contribution in [0.15, 0.2) is 70.4 Å². The van der Waals surface area contributed by atoms with Gasteiger partial charge in [0.25, 0.3) is 0 Å². The number of aldehydes is 1. The molecule has 9 heteroatoms. The SMILES string of the molecule is C=C\C(=C/C=C(C)/C(O)=C(\COCC)C(N)CSc1ccc(OCC=O)c(C)c1)C(F)(F)F. The lowest BCUT2D eigenvalue weighted by atomic mass is 10.0. The molecule has 1 atom stereocenters. The van der Waals surface area contributed by atoms with E-state index in [0.717, 1.165) is 16.5 Å². The van der Waals surface area contributed by atoms with Gasteiger partial charge in [-0.05, 0) is 56.2 Å². The smallest absolute Gasteiger partial charge is 0.416 e. The van der Waals surface area contributed by atoms with Crippen LogP contribution in [0.3, 0.4) is 0 Å². The minimum Gasteiger partial charge on any atom is -0.508 e. The highest BCUT2D eigenvalue weighted by atomic mass is 32.2. The molecule has 0 aliphatic rings. The monoisotopic (exact) mass is 485 g/mol. The molecule has 1 aromatic carbocycles.